The zero-order valence-electron chi connectivity index (χ0n) is 7.23. The summed E-state index contributed by atoms with van der Waals surface area (Å²) in [6.45, 7) is 1.86. The highest BCUT2D eigenvalue weighted by molar-refractivity contribution is 5.87. The number of carboxylic acid groups (broad SMARTS) is 2. The topological polar surface area (TPSA) is 77.8 Å². The Bertz CT molecular complexity index is 271. The normalized spacial score (nSPS) is 22.4. The Labute approximate surface area is 75.3 Å². The molecule has 72 valence electrons. The number of carbonyl (C=O) groups is 2. The minimum absolute atomic E-state index is 0.165. The van der Waals surface area contributed by atoms with E-state index in [1.807, 2.05) is 0 Å². The summed E-state index contributed by atoms with van der Waals surface area (Å²) in [7, 11) is 0. The zero-order valence-corrected chi connectivity index (χ0v) is 7.23. The van der Waals surface area contributed by atoms with E-state index in [9.17, 15) is 9.59 Å². The molecule has 1 heterocycles. The van der Waals surface area contributed by atoms with Crippen molar-refractivity contribution < 1.29 is 19.8 Å². The molecule has 0 saturated carbocycles. The minimum Gasteiger partial charge on any atom is -0.478 e. The second kappa shape index (κ2) is 3.47. The average molecular weight is 185 g/mol. The summed E-state index contributed by atoms with van der Waals surface area (Å²) in [6, 6.07) is -0.256. The van der Waals surface area contributed by atoms with Gasteiger partial charge < -0.3 is 15.1 Å². The van der Waals surface area contributed by atoms with Crippen molar-refractivity contribution in [2.75, 3.05) is 6.54 Å². The van der Waals surface area contributed by atoms with Crippen LogP contribution in [0.15, 0.2) is 11.6 Å². The van der Waals surface area contributed by atoms with Gasteiger partial charge in [0.2, 0.25) is 0 Å². The van der Waals surface area contributed by atoms with Gasteiger partial charge in [-0.25, -0.2) is 9.59 Å². The maximum absolute atomic E-state index is 10.6. The average Bonchev–Trinajstić information content (AvgIpc) is 2.03. The zero-order chi connectivity index (χ0) is 10.0. The van der Waals surface area contributed by atoms with Crippen molar-refractivity contribution in [3.8, 4) is 0 Å². The number of aliphatic carboxylic acids is 1. The van der Waals surface area contributed by atoms with Gasteiger partial charge in [-0.3, -0.25) is 0 Å². The number of carboxylic acids is 1. The Kier molecular flexibility index (Phi) is 2.55. The van der Waals surface area contributed by atoms with Crippen LogP contribution in [0.1, 0.15) is 13.3 Å². The fraction of sp³-hybridized carbons (Fsp3) is 0.500. The second-order valence-corrected chi connectivity index (χ2v) is 3.02. The summed E-state index contributed by atoms with van der Waals surface area (Å²) in [6.07, 6.45) is 0.714. The van der Waals surface area contributed by atoms with Gasteiger partial charge >= 0.3 is 12.1 Å². The molecule has 0 aliphatic carbocycles. The van der Waals surface area contributed by atoms with Gasteiger partial charge in [-0.1, -0.05) is 6.08 Å². The van der Waals surface area contributed by atoms with Crippen LogP contribution in [-0.2, 0) is 4.79 Å². The van der Waals surface area contributed by atoms with Gasteiger partial charge in [0, 0.05) is 18.2 Å². The summed E-state index contributed by atoms with van der Waals surface area (Å²) in [5.41, 5.74) is 0.296. The van der Waals surface area contributed by atoms with E-state index in [1.54, 1.807) is 6.92 Å². The van der Waals surface area contributed by atoms with E-state index < -0.39 is 12.1 Å². The highest BCUT2D eigenvalue weighted by Crippen LogP contribution is 2.17. The Morgan fingerprint density at radius 3 is 2.54 bits per heavy atom. The van der Waals surface area contributed by atoms with Crippen LogP contribution in [0.4, 0.5) is 4.79 Å². The van der Waals surface area contributed by atoms with Gasteiger partial charge in [0.25, 0.3) is 0 Å². The van der Waals surface area contributed by atoms with Crippen LogP contribution in [0, 0.1) is 0 Å². The third kappa shape index (κ3) is 1.99. The molecule has 5 heteroatoms. The van der Waals surface area contributed by atoms with Crippen LogP contribution in [0.25, 0.3) is 0 Å². The highest BCUT2D eigenvalue weighted by atomic mass is 16.4. The number of nitrogens with zero attached hydrogens (tertiary/aromatic N) is 1. The van der Waals surface area contributed by atoms with Crippen LogP contribution in [0.3, 0.4) is 0 Å². The first kappa shape index (κ1) is 9.57. The molecule has 2 N–H and O–H groups in total. The van der Waals surface area contributed by atoms with E-state index >= 15 is 0 Å². The van der Waals surface area contributed by atoms with Crippen LogP contribution in [-0.4, -0.2) is 39.8 Å². The number of hydrogen-bond acceptors (Lipinski definition) is 2. The van der Waals surface area contributed by atoms with Crippen molar-refractivity contribution in [1.82, 2.24) is 4.90 Å². The van der Waals surface area contributed by atoms with Gasteiger partial charge in [-0.15, -0.1) is 0 Å². The van der Waals surface area contributed by atoms with Crippen molar-refractivity contribution in [2.24, 2.45) is 0 Å². The van der Waals surface area contributed by atoms with E-state index in [0.29, 0.717) is 5.57 Å². The molecule has 0 aromatic rings. The maximum atomic E-state index is 10.6. The van der Waals surface area contributed by atoms with Crippen molar-refractivity contribution in [3.05, 3.63) is 11.6 Å². The Morgan fingerprint density at radius 1 is 1.54 bits per heavy atom. The van der Waals surface area contributed by atoms with E-state index in [0.717, 1.165) is 0 Å². The monoisotopic (exact) mass is 185 g/mol. The lowest BCUT2D eigenvalue weighted by molar-refractivity contribution is -0.133. The summed E-state index contributed by atoms with van der Waals surface area (Å²) in [5, 5.41) is 17.3. The van der Waals surface area contributed by atoms with Gasteiger partial charge in [0.05, 0.1) is 0 Å². The predicted octanol–water partition coefficient (Wildman–Crippen LogP) is 0.770. The molecule has 1 aliphatic rings. The first-order chi connectivity index (χ1) is 6.02. The first-order valence-electron chi connectivity index (χ1n) is 3.94. The molecule has 0 fully saturated rings. The highest BCUT2D eigenvalue weighted by Gasteiger charge is 2.25. The largest absolute Gasteiger partial charge is 0.478 e. The summed E-state index contributed by atoms with van der Waals surface area (Å²) >= 11 is 0. The van der Waals surface area contributed by atoms with Gasteiger partial charge in [-0.2, -0.15) is 0 Å². The van der Waals surface area contributed by atoms with Crippen LogP contribution >= 0.6 is 0 Å². The Morgan fingerprint density at radius 2 is 2.15 bits per heavy atom. The SMILES string of the molecule is C[C@@H]1CC(C(=O)O)=CCN1C(=O)O. The molecule has 1 atom stereocenters. The lowest BCUT2D eigenvalue weighted by Gasteiger charge is -2.29. The van der Waals surface area contributed by atoms with E-state index in [4.69, 9.17) is 10.2 Å². The number of amides is 1. The second-order valence-electron chi connectivity index (χ2n) is 3.02. The quantitative estimate of drug-likeness (QED) is 0.632. The van der Waals surface area contributed by atoms with Gasteiger partial charge in [0.15, 0.2) is 0 Å². The van der Waals surface area contributed by atoms with E-state index in [-0.39, 0.29) is 19.0 Å². The molecule has 0 bridgehead atoms. The molecule has 1 aliphatic heterocycles. The summed E-state index contributed by atoms with van der Waals surface area (Å²) < 4.78 is 0. The Hall–Kier alpha value is -1.52. The third-order valence-corrected chi connectivity index (χ3v) is 2.10. The molecular formula is C8H11NO4. The van der Waals surface area contributed by atoms with Crippen LogP contribution in [0.2, 0.25) is 0 Å². The molecule has 0 saturated heterocycles. The molecule has 1 amide bonds. The van der Waals surface area contributed by atoms with Crippen molar-refractivity contribution in [1.29, 1.82) is 0 Å². The molecule has 0 aromatic carbocycles. The Balaban J connectivity index is 2.74. The van der Waals surface area contributed by atoms with Gasteiger partial charge in [-0.05, 0) is 13.3 Å². The fourth-order valence-electron chi connectivity index (χ4n) is 1.34. The molecule has 0 unspecified atom stereocenters. The third-order valence-electron chi connectivity index (χ3n) is 2.10. The van der Waals surface area contributed by atoms with Gasteiger partial charge in [0.1, 0.15) is 0 Å². The molecule has 5 nitrogen and oxygen atoms in total. The molecule has 1 rings (SSSR count). The maximum Gasteiger partial charge on any atom is 0.407 e. The summed E-state index contributed by atoms with van der Waals surface area (Å²) in [4.78, 5) is 22.3. The molecule has 0 radical (unpaired) electrons. The van der Waals surface area contributed by atoms with Crippen molar-refractivity contribution in [2.45, 2.75) is 19.4 Å². The molecule has 0 spiro atoms. The standard InChI is InChI=1S/C8H11NO4/c1-5-4-6(7(10)11)2-3-9(5)8(12)13/h2,5H,3-4H2,1H3,(H,10,11)(H,12,13)/t5-/m1/s1. The van der Waals surface area contributed by atoms with Crippen molar-refractivity contribution in [3.63, 3.8) is 0 Å². The predicted molar refractivity (Wildman–Crippen MR) is 44.5 cm³/mol. The molecule has 13 heavy (non-hydrogen) atoms. The van der Waals surface area contributed by atoms with E-state index in [2.05, 4.69) is 0 Å². The fourth-order valence-corrected chi connectivity index (χ4v) is 1.34. The molecule has 0 aromatic heterocycles. The lowest BCUT2D eigenvalue weighted by Crippen LogP contribution is -2.41. The summed E-state index contributed by atoms with van der Waals surface area (Å²) in [5.74, 6) is -0.961. The lowest BCUT2D eigenvalue weighted by atomic mass is 10.0. The number of hydrogen-bond donors (Lipinski definition) is 2. The van der Waals surface area contributed by atoms with Crippen molar-refractivity contribution >= 4 is 12.1 Å². The van der Waals surface area contributed by atoms with Crippen LogP contribution in [0.5, 0.6) is 0 Å². The smallest absolute Gasteiger partial charge is 0.407 e. The minimum atomic E-state index is -1.01. The molecular weight excluding hydrogens is 174 g/mol. The van der Waals surface area contributed by atoms with Crippen LogP contribution < -0.4 is 0 Å². The van der Waals surface area contributed by atoms with E-state index in [1.165, 1.54) is 11.0 Å². The first-order valence-corrected chi connectivity index (χ1v) is 3.94. The number of rotatable bonds is 1.